The van der Waals surface area contributed by atoms with Gasteiger partial charge in [0.15, 0.2) is 0 Å². The molecule has 2 saturated heterocycles. The van der Waals surface area contributed by atoms with Crippen LogP contribution in [-0.4, -0.2) is 62.9 Å². The lowest BCUT2D eigenvalue weighted by Crippen LogP contribution is -2.50. The van der Waals surface area contributed by atoms with Crippen molar-refractivity contribution in [1.29, 1.82) is 0 Å². The van der Waals surface area contributed by atoms with Crippen LogP contribution in [0.1, 0.15) is 66.3 Å². The number of carbonyl (C=O) groups is 2. The van der Waals surface area contributed by atoms with E-state index in [2.05, 4.69) is 22.4 Å². The minimum atomic E-state index is -1.20. The molecule has 196 valence electrons. The first-order valence-corrected chi connectivity index (χ1v) is 13.0. The highest BCUT2D eigenvalue weighted by Gasteiger charge is 2.51. The molecule has 1 aromatic heterocycles. The molecule has 0 radical (unpaired) electrons. The van der Waals surface area contributed by atoms with Crippen LogP contribution in [0.15, 0.2) is 30.3 Å². The molecule has 2 atom stereocenters. The first-order valence-electron chi connectivity index (χ1n) is 13.0. The SMILES string of the molecule is CC(C)[C@H](NC(=O)O)C(=O)N1CCC[C@H]1c1nc2ccc3cc(B4OC(C)(C)C(C)(C)O4)ccc3c2[nH]1. The lowest BCUT2D eigenvalue weighted by atomic mass is 9.78. The number of imidazole rings is 1. The van der Waals surface area contributed by atoms with Gasteiger partial charge in [-0.15, -0.1) is 0 Å². The Morgan fingerprint density at radius 1 is 1.16 bits per heavy atom. The zero-order chi connectivity index (χ0) is 26.7. The maximum absolute atomic E-state index is 13.3. The first kappa shape index (κ1) is 25.5. The monoisotopic (exact) mass is 506 g/mol. The number of carboxylic acid groups (broad SMARTS) is 1. The molecule has 3 heterocycles. The number of benzene rings is 2. The fourth-order valence-electron chi connectivity index (χ4n) is 5.27. The molecule has 9 nitrogen and oxygen atoms in total. The number of hydrogen-bond acceptors (Lipinski definition) is 5. The second-order valence-electron chi connectivity index (χ2n) is 11.5. The lowest BCUT2D eigenvalue weighted by molar-refractivity contribution is -0.135. The summed E-state index contributed by atoms with van der Waals surface area (Å²) in [4.78, 5) is 34.7. The van der Waals surface area contributed by atoms with Crippen molar-refractivity contribution in [1.82, 2.24) is 20.2 Å². The summed E-state index contributed by atoms with van der Waals surface area (Å²) < 4.78 is 12.5. The molecule has 37 heavy (non-hydrogen) atoms. The molecule has 2 aliphatic heterocycles. The molecule has 2 aromatic carbocycles. The van der Waals surface area contributed by atoms with Crippen LogP contribution < -0.4 is 10.8 Å². The zero-order valence-electron chi connectivity index (χ0n) is 22.3. The number of rotatable bonds is 5. The molecular formula is C27H35BN4O5. The highest BCUT2D eigenvalue weighted by Crippen LogP contribution is 2.37. The van der Waals surface area contributed by atoms with E-state index in [1.165, 1.54) is 0 Å². The van der Waals surface area contributed by atoms with Crippen molar-refractivity contribution in [2.45, 2.75) is 77.7 Å². The number of carbonyl (C=O) groups excluding carboxylic acids is 1. The van der Waals surface area contributed by atoms with Crippen LogP contribution in [0.25, 0.3) is 21.8 Å². The number of H-pyrrole nitrogens is 1. The fourth-order valence-corrected chi connectivity index (χ4v) is 5.27. The summed E-state index contributed by atoms with van der Waals surface area (Å²) in [5.41, 5.74) is 1.89. The molecule has 5 rings (SSSR count). The van der Waals surface area contributed by atoms with Gasteiger partial charge in [-0.1, -0.05) is 38.1 Å². The Labute approximate surface area is 217 Å². The van der Waals surface area contributed by atoms with E-state index in [0.717, 1.165) is 45.9 Å². The Morgan fingerprint density at radius 3 is 2.51 bits per heavy atom. The second kappa shape index (κ2) is 9.02. The minimum Gasteiger partial charge on any atom is -0.465 e. The second-order valence-corrected chi connectivity index (χ2v) is 11.5. The van der Waals surface area contributed by atoms with Crippen LogP contribution in [0.3, 0.4) is 0 Å². The summed E-state index contributed by atoms with van der Waals surface area (Å²) in [5.74, 6) is 0.348. The van der Waals surface area contributed by atoms with Crippen molar-refractivity contribution in [3.63, 3.8) is 0 Å². The fraction of sp³-hybridized carbons (Fsp3) is 0.519. The Hall–Kier alpha value is -3.11. The van der Waals surface area contributed by atoms with Gasteiger partial charge in [0.2, 0.25) is 5.91 Å². The predicted molar refractivity (Wildman–Crippen MR) is 143 cm³/mol. The number of nitrogens with zero attached hydrogens (tertiary/aromatic N) is 2. The molecule has 0 unspecified atom stereocenters. The zero-order valence-corrected chi connectivity index (χ0v) is 22.3. The van der Waals surface area contributed by atoms with Crippen molar-refractivity contribution in [2.24, 2.45) is 5.92 Å². The third-order valence-electron chi connectivity index (χ3n) is 8.10. The van der Waals surface area contributed by atoms with Gasteiger partial charge in [-0.3, -0.25) is 4.79 Å². The molecule has 3 N–H and O–H groups in total. The summed E-state index contributed by atoms with van der Waals surface area (Å²) in [6, 6.07) is 9.18. The van der Waals surface area contributed by atoms with E-state index >= 15 is 0 Å². The standard InChI is InChI=1S/C27H35BN4O5/c1-15(2)21(31-25(34)35)24(33)32-13-7-8-20(32)23-29-19-12-9-16-14-17(10-11-18(16)22(19)30-23)28-36-26(3,4)27(5,6)37-28/h9-12,14-15,20-21,31H,7-8,13H2,1-6H3,(H,29,30)(H,34,35)/t20-,21-/m0/s1. The van der Waals surface area contributed by atoms with Crippen molar-refractivity contribution < 1.29 is 24.0 Å². The van der Waals surface area contributed by atoms with E-state index < -0.39 is 30.5 Å². The number of hydrogen-bond donors (Lipinski definition) is 3. The Bertz CT molecular complexity index is 1350. The average molecular weight is 506 g/mol. The molecule has 2 fully saturated rings. The lowest BCUT2D eigenvalue weighted by Gasteiger charge is -2.32. The molecule has 0 aliphatic carbocycles. The molecule has 0 spiro atoms. The number of fused-ring (bicyclic) bond motifs is 3. The van der Waals surface area contributed by atoms with Gasteiger partial charge < -0.3 is 29.6 Å². The third-order valence-corrected chi connectivity index (χ3v) is 8.10. The summed E-state index contributed by atoms with van der Waals surface area (Å²) in [6.07, 6.45) is 0.412. The minimum absolute atomic E-state index is 0.164. The van der Waals surface area contributed by atoms with Crippen LogP contribution in [-0.2, 0) is 14.1 Å². The van der Waals surface area contributed by atoms with E-state index in [1.807, 2.05) is 59.7 Å². The van der Waals surface area contributed by atoms with E-state index in [9.17, 15) is 14.7 Å². The average Bonchev–Trinajstić information content (AvgIpc) is 3.52. The highest BCUT2D eigenvalue weighted by molar-refractivity contribution is 6.62. The Balaban J connectivity index is 1.45. The molecule has 2 aliphatic rings. The number of likely N-dealkylation sites (tertiary alicyclic amines) is 1. The molecule has 10 heteroatoms. The van der Waals surface area contributed by atoms with Gasteiger partial charge in [0.1, 0.15) is 11.9 Å². The van der Waals surface area contributed by atoms with Crippen LogP contribution in [0, 0.1) is 5.92 Å². The van der Waals surface area contributed by atoms with Crippen LogP contribution >= 0.6 is 0 Å². The van der Waals surface area contributed by atoms with Crippen molar-refractivity contribution in [3.8, 4) is 0 Å². The van der Waals surface area contributed by atoms with Gasteiger partial charge >= 0.3 is 13.2 Å². The van der Waals surface area contributed by atoms with Gasteiger partial charge in [0.05, 0.1) is 28.3 Å². The normalized spacial score (nSPS) is 21.8. The van der Waals surface area contributed by atoms with Crippen molar-refractivity contribution in [3.05, 3.63) is 36.2 Å². The predicted octanol–water partition coefficient (Wildman–Crippen LogP) is 3.97. The maximum Gasteiger partial charge on any atom is 0.494 e. The van der Waals surface area contributed by atoms with Gasteiger partial charge in [0, 0.05) is 11.9 Å². The van der Waals surface area contributed by atoms with Gasteiger partial charge in [-0.2, -0.15) is 0 Å². The summed E-state index contributed by atoms with van der Waals surface area (Å²) in [7, 11) is -0.436. The van der Waals surface area contributed by atoms with Crippen molar-refractivity contribution >= 4 is 46.4 Å². The first-order chi connectivity index (χ1) is 17.4. The third kappa shape index (κ3) is 4.46. The summed E-state index contributed by atoms with van der Waals surface area (Å²) in [5, 5.41) is 13.7. The molecule has 0 bridgehead atoms. The quantitative estimate of drug-likeness (QED) is 0.451. The number of aromatic amines is 1. The van der Waals surface area contributed by atoms with Crippen LogP contribution in [0.2, 0.25) is 0 Å². The van der Waals surface area contributed by atoms with Crippen LogP contribution in [0.5, 0.6) is 0 Å². The highest BCUT2D eigenvalue weighted by atomic mass is 16.7. The van der Waals surface area contributed by atoms with E-state index in [4.69, 9.17) is 14.3 Å². The van der Waals surface area contributed by atoms with Crippen LogP contribution in [0.4, 0.5) is 4.79 Å². The Morgan fingerprint density at radius 2 is 1.86 bits per heavy atom. The van der Waals surface area contributed by atoms with Crippen molar-refractivity contribution in [2.75, 3.05) is 6.54 Å². The van der Waals surface area contributed by atoms with Gasteiger partial charge in [0.25, 0.3) is 0 Å². The summed E-state index contributed by atoms with van der Waals surface area (Å²) in [6.45, 7) is 12.4. The molecule has 2 amide bonds. The van der Waals surface area contributed by atoms with E-state index in [0.29, 0.717) is 6.54 Å². The van der Waals surface area contributed by atoms with Gasteiger partial charge in [-0.05, 0) is 63.4 Å². The number of aromatic nitrogens is 2. The molecular weight excluding hydrogens is 471 g/mol. The molecule has 0 saturated carbocycles. The number of amides is 2. The summed E-state index contributed by atoms with van der Waals surface area (Å²) >= 11 is 0. The van der Waals surface area contributed by atoms with E-state index in [1.54, 1.807) is 4.90 Å². The largest absolute Gasteiger partial charge is 0.494 e. The van der Waals surface area contributed by atoms with E-state index in [-0.39, 0.29) is 17.9 Å². The Kier molecular flexibility index (Phi) is 6.23. The van der Waals surface area contributed by atoms with Gasteiger partial charge in [-0.25, -0.2) is 9.78 Å². The molecule has 3 aromatic rings. The smallest absolute Gasteiger partial charge is 0.465 e. The number of nitrogens with one attached hydrogen (secondary N) is 2. The topological polar surface area (TPSA) is 117 Å². The maximum atomic E-state index is 13.3.